The molecule has 5 heteroatoms. The van der Waals surface area contributed by atoms with Crippen LogP contribution in [0.2, 0.25) is 0 Å². The molecule has 0 bridgehead atoms. The maximum Gasteiger partial charge on any atom is 0.165 e. The normalized spacial score (nSPS) is 14.4. The third kappa shape index (κ3) is 5.02. The second-order valence-electron chi connectivity index (χ2n) is 4.14. The summed E-state index contributed by atoms with van der Waals surface area (Å²) in [4.78, 5) is 0. The molecule has 2 N–H and O–H groups in total. The minimum absolute atomic E-state index is 0.0351. The van der Waals surface area contributed by atoms with Crippen molar-refractivity contribution in [2.45, 2.75) is 19.4 Å². The summed E-state index contributed by atoms with van der Waals surface area (Å²) < 4.78 is 19.4. The highest BCUT2D eigenvalue weighted by Crippen LogP contribution is 2.23. The van der Waals surface area contributed by atoms with Crippen molar-refractivity contribution >= 4 is 15.9 Å². The van der Waals surface area contributed by atoms with Gasteiger partial charge < -0.3 is 15.2 Å². The van der Waals surface area contributed by atoms with Gasteiger partial charge in [-0.3, -0.25) is 0 Å². The summed E-state index contributed by atoms with van der Waals surface area (Å²) in [6, 6.07) is 4.45. The van der Waals surface area contributed by atoms with Crippen LogP contribution in [0.4, 0.5) is 4.39 Å². The summed E-state index contributed by atoms with van der Waals surface area (Å²) in [6.45, 7) is 4.80. The van der Waals surface area contributed by atoms with Crippen LogP contribution in [0.25, 0.3) is 0 Å². The molecule has 1 atom stereocenters. The summed E-state index contributed by atoms with van der Waals surface area (Å²) >= 11 is 3.24. The third-order valence-corrected chi connectivity index (χ3v) is 2.68. The molecule has 0 aliphatic carbocycles. The Morgan fingerprint density at radius 1 is 1.53 bits per heavy atom. The van der Waals surface area contributed by atoms with E-state index in [0.717, 1.165) is 11.0 Å². The smallest absolute Gasteiger partial charge is 0.165 e. The van der Waals surface area contributed by atoms with Crippen molar-refractivity contribution in [2.75, 3.05) is 19.7 Å². The van der Waals surface area contributed by atoms with Gasteiger partial charge in [-0.1, -0.05) is 22.9 Å². The number of hydrogen-bond acceptors (Lipinski definition) is 3. The zero-order valence-corrected chi connectivity index (χ0v) is 11.6. The molecule has 0 saturated carbocycles. The fourth-order valence-electron chi connectivity index (χ4n) is 1.27. The number of ether oxygens (including phenoxy) is 1. The summed E-state index contributed by atoms with van der Waals surface area (Å²) in [5.41, 5.74) is -1.02. The van der Waals surface area contributed by atoms with Gasteiger partial charge in [0.2, 0.25) is 0 Å². The van der Waals surface area contributed by atoms with Gasteiger partial charge in [0.05, 0.1) is 0 Å². The van der Waals surface area contributed by atoms with E-state index in [1.165, 1.54) is 6.07 Å². The van der Waals surface area contributed by atoms with Crippen molar-refractivity contribution < 1.29 is 14.2 Å². The Kier molecular flexibility index (Phi) is 5.36. The molecule has 17 heavy (non-hydrogen) atoms. The van der Waals surface area contributed by atoms with Gasteiger partial charge in [-0.25, -0.2) is 4.39 Å². The van der Waals surface area contributed by atoms with Gasteiger partial charge in [0, 0.05) is 11.0 Å². The highest BCUT2D eigenvalue weighted by Gasteiger charge is 2.21. The highest BCUT2D eigenvalue weighted by molar-refractivity contribution is 9.10. The first-order chi connectivity index (χ1) is 7.94. The first kappa shape index (κ1) is 14.4. The molecule has 1 unspecified atom stereocenters. The molecule has 1 aromatic rings. The van der Waals surface area contributed by atoms with E-state index < -0.39 is 11.4 Å². The SMILES string of the molecule is CCNCC(C)(O)COc1cc(Br)ccc1F. The Hall–Kier alpha value is -0.650. The van der Waals surface area contributed by atoms with E-state index in [2.05, 4.69) is 21.2 Å². The number of halogens is 2. The quantitative estimate of drug-likeness (QED) is 0.847. The molecule has 0 spiro atoms. The second kappa shape index (κ2) is 6.33. The molecule has 96 valence electrons. The van der Waals surface area contributed by atoms with Crippen molar-refractivity contribution in [1.82, 2.24) is 5.32 Å². The van der Waals surface area contributed by atoms with Crippen LogP contribution in [0, 0.1) is 5.82 Å². The van der Waals surface area contributed by atoms with E-state index in [0.29, 0.717) is 6.54 Å². The van der Waals surface area contributed by atoms with Gasteiger partial charge >= 0.3 is 0 Å². The average molecular weight is 306 g/mol. The van der Waals surface area contributed by atoms with E-state index in [1.807, 2.05) is 6.92 Å². The summed E-state index contributed by atoms with van der Waals surface area (Å²) in [6.07, 6.45) is 0. The van der Waals surface area contributed by atoms with Crippen LogP contribution in [-0.4, -0.2) is 30.4 Å². The van der Waals surface area contributed by atoms with Crippen LogP contribution in [0.3, 0.4) is 0 Å². The molecule has 0 aliphatic heterocycles. The summed E-state index contributed by atoms with van der Waals surface area (Å²) in [5.74, 6) is -0.302. The highest BCUT2D eigenvalue weighted by atomic mass is 79.9. The van der Waals surface area contributed by atoms with Crippen LogP contribution in [0.5, 0.6) is 5.75 Å². The molecule has 0 radical (unpaired) electrons. The van der Waals surface area contributed by atoms with Gasteiger partial charge in [-0.05, 0) is 31.7 Å². The first-order valence-corrected chi connectivity index (χ1v) is 6.25. The monoisotopic (exact) mass is 305 g/mol. The molecule has 0 amide bonds. The molecule has 0 aliphatic rings. The molecule has 0 fully saturated rings. The Morgan fingerprint density at radius 3 is 2.88 bits per heavy atom. The molecule has 0 saturated heterocycles. The lowest BCUT2D eigenvalue weighted by molar-refractivity contribution is 0.0116. The van der Waals surface area contributed by atoms with Crippen LogP contribution < -0.4 is 10.1 Å². The number of benzene rings is 1. The topological polar surface area (TPSA) is 41.5 Å². The summed E-state index contributed by atoms with van der Waals surface area (Å²) in [7, 11) is 0. The zero-order valence-electron chi connectivity index (χ0n) is 9.96. The predicted molar refractivity (Wildman–Crippen MR) is 68.8 cm³/mol. The van der Waals surface area contributed by atoms with Gasteiger partial charge in [0.15, 0.2) is 11.6 Å². The molecular weight excluding hydrogens is 289 g/mol. The van der Waals surface area contributed by atoms with Gasteiger partial charge in [-0.2, -0.15) is 0 Å². The van der Waals surface area contributed by atoms with Gasteiger partial charge in [0.1, 0.15) is 12.2 Å². The number of hydrogen-bond donors (Lipinski definition) is 2. The lowest BCUT2D eigenvalue weighted by Gasteiger charge is -2.23. The standard InChI is InChI=1S/C12H17BrFNO2/c1-3-15-7-12(2,16)8-17-11-6-9(13)4-5-10(11)14/h4-6,15-16H,3,7-8H2,1-2H3. The molecular formula is C12H17BrFNO2. The van der Waals surface area contributed by atoms with Crippen molar-refractivity contribution in [3.8, 4) is 5.75 Å². The van der Waals surface area contributed by atoms with E-state index >= 15 is 0 Å². The average Bonchev–Trinajstić information content (AvgIpc) is 2.28. The molecule has 0 heterocycles. The fourth-order valence-corrected chi connectivity index (χ4v) is 1.61. The van der Waals surface area contributed by atoms with E-state index in [4.69, 9.17) is 4.74 Å². The van der Waals surface area contributed by atoms with Crippen molar-refractivity contribution in [3.05, 3.63) is 28.5 Å². The Bertz CT molecular complexity index is 372. The molecule has 3 nitrogen and oxygen atoms in total. The fraction of sp³-hybridized carbons (Fsp3) is 0.500. The molecule has 1 aromatic carbocycles. The number of likely N-dealkylation sites (N-methyl/N-ethyl adjacent to an activating group) is 1. The number of rotatable bonds is 6. The maximum atomic E-state index is 13.4. The molecule has 0 aromatic heterocycles. The van der Waals surface area contributed by atoms with E-state index in [1.54, 1.807) is 19.1 Å². The lowest BCUT2D eigenvalue weighted by Crippen LogP contribution is -2.42. The van der Waals surface area contributed by atoms with Gasteiger partial charge in [-0.15, -0.1) is 0 Å². The minimum Gasteiger partial charge on any atom is -0.487 e. The number of aliphatic hydroxyl groups is 1. The Balaban J connectivity index is 2.57. The maximum absolute atomic E-state index is 13.4. The zero-order chi connectivity index (χ0) is 12.9. The van der Waals surface area contributed by atoms with Crippen molar-refractivity contribution in [1.29, 1.82) is 0 Å². The number of nitrogens with one attached hydrogen (secondary N) is 1. The van der Waals surface area contributed by atoms with Gasteiger partial charge in [0.25, 0.3) is 0 Å². The predicted octanol–water partition coefficient (Wildman–Crippen LogP) is 2.33. The lowest BCUT2D eigenvalue weighted by atomic mass is 10.1. The van der Waals surface area contributed by atoms with Crippen molar-refractivity contribution in [3.63, 3.8) is 0 Å². The first-order valence-electron chi connectivity index (χ1n) is 5.45. The molecule has 1 rings (SSSR count). The van der Waals surface area contributed by atoms with Crippen molar-refractivity contribution in [2.24, 2.45) is 0 Å². The van der Waals surface area contributed by atoms with Crippen LogP contribution >= 0.6 is 15.9 Å². The Labute approximate surface area is 109 Å². The van der Waals surface area contributed by atoms with E-state index in [-0.39, 0.29) is 12.4 Å². The van der Waals surface area contributed by atoms with Crippen LogP contribution in [-0.2, 0) is 0 Å². The Morgan fingerprint density at radius 2 is 2.24 bits per heavy atom. The third-order valence-electron chi connectivity index (χ3n) is 2.19. The van der Waals surface area contributed by atoms with Crippen LogP contribution in [0.1, 0.15) is 13.8 Å². The summed E-state index contributed by atoms with van der Waals surface area (Å²) in [5, 5.41) is 13.0. The minimum atomic E-state index is -1.02. The second-order valence-corrected chi connectivity index (χ2v) is 5.06. The van der Waals surface area contributed by atoms with E-state index in [9.17, 15) is 9.50 Å². The largest absolute Gasteiger partial charge is 0.487 e. The van der Waals surface area contributed by atoms with Crippen LogP contribution in [0.15, 0.2) is 22.7 Å².